The Morgan fingerprint density at radius 1 is 1.19 bits per heavy atom. The summed E-state index contributed by atoms with van der Waals surface area (Å²) in [6.45, 7) is 0.172. The molecule has 0 aliphatic heterocycles. The van der Waals surface area contributed by atoms with Crippen LogP contribution in [0.1, 0.15) is 5.56 Å². The maximum Gasteiger partial charge on any atom is 0.240 e. The van der Waals surface area contributed by atoms with Gasteiger partial charge in [-0.1, -0.05) is 23.7 Å². The van der Waals surface area contributed by atoms with Crippen LogP contribution in [-0.4, -0.2) is 15.5 Å². The van der Waals surface area contributed by atoms with Crippen molar-refractivity contribution in [3.63, 3.8) is 0 Å². The van der Waals surface area contributed by atoms with Crippen molar-refractivity contribution in [2.45, 2.75) is 11.4 Å². The quantitative estimate of drug-likeness (QED) is 0.827. The van der Waals surface area contributed by atoms with Crippen LogP contribution in [0.15, 0.2) is 47.4 Å². The van der Waals surface area contributed by atoms with Gasteiger partial charge >= 0.3 is 0 Å². The molecule has 2 rings (SSSR count). The second-order valence-electron chi connectivity index (χ2n) is 4.35. The van der Waals surface area contributed by atoms with E-state index in [1.54, 1.807) is 24.3 Å². The van der Waals surface area contributed by atoms with Crippen LogP contribution in [0.5, 0.6) is 5.75 Å². The normalized spacial score (nSPS) is 11.3. The molecule has 0 aliphatic carbocycles. The standard InChI is InChI=1S/C14H15ClN2O3S/c1-20-14-7-6-12(8-13(14)16)21(18,19)17-9-10-2-4-11(15)5-3-10/h2-8,17H,9,16H2,1H3. The number of sulfonamides is 1. The van der Waals surface area contributed by atoms with Gasteiger partial charge in [-0.05, 0) is 35.9 Å². The number of hydrogen-bond donors (Lipinski definition) is 2. The highest BCUT2D eigenvalue weighted by atomic mass is 35.5. The molecule has 0 aromatic heterocycles. The molecule has 21 heavy (non-hydrogen) atoms. The van der Waals surface area contributed by atoms with Gasteiger partial charge in [-0.2, -0.15) is 0 Å². The summed E-state index contributed by atoms with van der Waals surface area (Å²) in [6.07, 6.45) is 0. The van der Waals surface area contributed by atoms with Gasteiger partial charge in [-0.25, -0.2) is 13.1 Å². The number of nitrogens with one attached hydrogen (secondary N) is 1. The van der Waals surface area contributed by atoms with Crippen LogP contribution in [0, 0.1) is 0 Å². The van der Waals surface area contributed by atoms with E-state index in [2.05, 4.69) is 4.72 Å². The maximum atomic E-state index is 12.2. The van der Waals surface area contributed by atoms with Gasteiger partial charge < -0.3 is 10.5 Å². The summed E-state index contributed by atoms with van der Waals surface area (Å²) < 4.78 is 31.9. The van der Waals surface area contributed by atoms with Crippen molar-refractivity contribution in [1.29, 1.82) is 0 Å². The molecule has 0 heterocycles. The van der Waals surface area contributed by atoms with Crippen molar-refractivity contribution in [3.8, 4) is 5.75 Å². The number of halogens is 1. The number of methoxy groups -OCH3 is 1. The summed E-state index contributed by atoms with van der Waals surface area (Å²) in [5, 5.41) is 0.601. The van der Waals surface area contributed by atoms with Crippen LogP contribution in [0.2, 0.25) is 5.02 Å². The third-order valence-corrected chi connectivity index (χ3v) is 4.54. The molecule has 0 unspecified atom stereocenters. The molecule has 0 fully saturated rings. The van der Waals surface area contributed by atoms with E-state index < -0.39 is 10.0 Å². The molecule has 0 atom stereocenters. The number of nitrogen functional groups attached to an aromatic ring is 1. The summed E-state index contributed by atoms with van der Waals surface area (Å²) in [7, 11) is -2.16. The van der Waals surface area contributed by atoms with Crippen LogP contribution in [0.25, 0.3) is 0 Å². The van der Waals surface area contributed by atoms with Crippen LogP contribution in [0.4, 0.5) is 5.69 Å². The highest BCUT2D eigenvalue weighted by Gasteiger charge is 2.15. The Bertz CT molecular complexity index is 730. The molecule has 0 aliphatic rings. The minimum atomic E-state index is -3.63. The number of ether oxygens (including phenoxy) is 1. The van der Waals surface area contributed by atoms with Crippen molar-refractivity contribution in [1.82, 2.24) is 4.72 Å². The summed E-state index contributed by atoms with van der Waals surface area (Å²) in [6, 6.07) is 11.3. The zero-order valence-electron chi connectivity index (χ0n) is 11.3. The molecule has 0 saturated carbocycles. The van der Waals surface area contributed by atoms with Crippen molar-refractivity contribution in [2.24, 2.45) is 0 Å². The van der Waals surface area contributed by atoms with Gasteiger partial charge in [0.15, 0.2) is 0 Å². The lowest BCUT2D eigenvalue weighted by Crippen LogP contribution is -2.23. The molecule has 2 aromatic carbocycles. The SMILES string of the molecule is COc1ccc(S(=O)(=O)NCc2ccc(Cl)cc2)cc1N. The molecule has 0 bridgehead atoms. The number of rotatable bonds is 5. The average Bonchev–Trinajstić information content (AvgIpc) is 2.46. The second-order valence-corrected chi connectivity index (χ2v) is 6.56. The lowest BCUT2D eigenvalue weighted by molar-refractivity contribution is 0.416. The molecular weight excluding hydrogens is 312 g/mol. The summed E-state index contributed by atoms with van der Waals surface area (Å²) in [5.41, 5.74) is 6.80. The van der Waals surface area contributed by atoms with Gasteiger partial charge in [0.25, 0.3) is 0 Å². The molecule has 0 amide bonds. The Balaban J connectivity index is 2.14. The summed E-state index contributed by atoms with van der Waals surface area (Å²) in [4.78, 5) is 0.0924. The highest BCUT2D eigenvalue weighted by Crippen LogP contribution is 2.24. The summed E-state index contributed by atoms with van der Waals surface area (Å²) >= 11 is 5.78. The maximum absolute atomic E-state index is 12.2. The van der Waals surface area contributed by atoms with E-state index in [1.807, 2.05) is 0 Å². The first kappa shape index (κ1) is 15.6. The molecule has 7 heteroatoms. The average molecular weight is 327 g/mol. The highest BCUT2D eigenvalue weighted by molar-refractivity contribution is 7.89. The molecule has 112 valence electrons. The molecule has 3 N–H and O–H groups in total. The molecule has 0 radical (unpaired) electrons. The zero-order valence-corrected chi connectivity index (χ0v) is 12.9. The number of anilines is 1. The Hall–Kier alpha value is -1.76. The Morgan fingerprint density at radius 3 is 2.43 bits per heavy atom. The van der Waals surface area contributed by atoms with Crippen LogP contribution in [-0.2, 0) is 16.6 Å². The van der Waals surface area contributed by atoms with E-state index >= 15 is 0 Å². The molecular formula is C14H15ClN2O3S. The van der Waals surface area contributed by atoms with Gasteiger partial charge in [0.05, 0.1) is 17.7 Å². The third kappa shape index (κ3) is 3.87. The van der Waals surface area contributed by atoms with E-state index in [1.165, 1.54) is 25.3 Å². The van der Waals surface area contributed by atoms with Gasteiger partial charge in [0, 0.05) is 11.6 Å². The Labute approximate surface area is 128 Å². The lowest BCUT2D eigenvalue weighted by atomic mass is 10.2. The number of nitrogens with two attached hydrogens (primary N) is 1. The van der Waals surface area contributed by atoms with Crippen molar-refractivity contribution in [3.05, 3.63) is 53.1 Å². The summed E-state index contributed by atoms with van der Waals surface area (Å²) in [5.74, 6) is 0.437. The van der Waals surface area contributed by atoms with E-state index in [0.29, 0.717) is 10.8 Å². The van der Waals surface area contributed by atoms with E-state index in [4.69, 9.17) is 22.1 Å². The third-order valence-electron chi connectivity index (χ3n) is 2.89. The number of benzene rings is 2. The first-order valence-electron chi connectivity index (χ1n) is 6.10. The van der Waals surface area contributed by atoms with Gasteiger partial charge in [0.2, 0.25) is 10.0 Å². The minimum absolute atomic E-state index is 0.0924. The molecule has 0 saturated heterocycles. The van der Waals surface area contributed by atoms with Crippen molar-refractivity contribution >= 4 is 27.3 Å². The van der Waals surface area contributed by atoms with Crippen LogP contribution in [0.3, 0.4) is 0 Å². The van der Waals surface area contributed by atoms with E-state index in [-0.39, 0.29) is 17.1 Å². The van der Waals surface area contributed by atoms with Gasteiger partial charge in [0.1, 0.15) is 5.75 Å². The molecule has 5 nitrogen and oxygen atoms in total. The first-order chi connectivity index (χ1) is 9.92. The Morgan fingerprint density at radius 2 is 1.86 bits per heavy atom. The fraction of sp³-hybridized carbons (Fsp3) is 0.143. The monoisotopic (exact) mass is 326 g/mol. The van der Waals surface area contributed by atoms with Crippen molar-refractivity contribution < 1.29 is 13.2 Å². The lowest BCUT2D eigenvalue weighted by Gasteiger charge is -2.09. The fourth-order valence-corrected chi connectivity index (χ4v) is 2.92. The fourth-order valence-electron chi connectivity index (χ4n) is 1.74. The number of hydrogen-bond acceptors (Lipinski definition) is 4. The predicted octanol–water partition coefficient (Wildman–Crippen LogP) is 2.41. The molecule has 2 aromatic rings. The van der Waals surface area contributed by atoms with Crippen LogP contribution < -0.4 is 15.2 Å². The van der Waals surface area contributed by atoms with E-state index in [9.17, 15) is 8.42 Å². The van der Waals surface area contributed by atoms with Crippen molar-refractivity contribution in [2.75, 3.05) is 12.8 Å². The zero-order chi connectivity index (χ0) is 15.5. The van der Waals surface area contributed by atoms with Gasteiger partial charge in [-0.15, -0.1) is 0 Å². The first-order valence-corrected chi connectivity index (χ1v) is 7.96. The Kier molecular flexibility index (Phi) is 4.72. The van der Waals surface area contributed by atoms with E-state index in [0.717, 1.165) is 5.56 Å². The van der Waals surface area contributed by atoms with Gasteiger partial charge in [-0.3, -0.25) is 0 Å². The smallest absolute Gasteiger partial charge is 0.240 e. The second kappa shape index (κ2) is 6.34. The largest absolute Gasteiger partial charge is 0.495 e. The minimum Gasteiger partial charge on any atom is -0.495 e. The topological polar surface area (TPSA) is 81.4 Å². The predicted molar refractivity (Wildman–Crippen MR) is 82.9 cm³/mol. The van der Waals surface area contributed by atoms with Crippen LogP contribution >= 0.6 is 11.6 Å². The molecule has 0 spiro atoms.